The summed E-state index contributed by atoms with van der Waals surface area (Å²) >= 11 is 0. The summed E-state index contributed by atoms with van der Waals surface area (Å²) in [5.74, 6) is 1.13. The van der Waals surface area contributed by atoms with Gasteiger partial charge in [0.2, 0.25) is 0 Å². The highest BCUT2D eigenvalue weighted by Crippen LogP contribution is 2.33. The molecule has 0 amide bonds. The molecule has 0 bridgehead atoms. The first-order chi connectivity index (χ1) is 6.88. The van der Waals surface area contributed by atoms with E-state index in [9.17, 15) is 4.79 Å². The second-order valence-corrected chi connectivity index (χ2v) is 4.69. The lowest BCUT2D eigenvalue weighted by Gasteiger charge is -2.13. The van der Waals surface area contributed by atoms with Crippen LogP contribution in [0.15, 0.2) is 0 Å². The second-order valence-electron chi connectivity index (χ2n) is 4.69. The number of unbranched alkanes of at least 4 members (excludes halogenated alkanes) is 4. The highest BCUT2D eigenvalue weighted by atomic mass is 16.1. The number of carbonyl (C=O) groups excluding carboxylic acids is 1. The molecule has 0 heterocycles. The predicted molar refractivity (Wildman–Crippen MR) is 60.3 cm³/mol. The molecule has 2 atom stereocenters. The van der Waals surface area contributed by atoms with Gasteiger partial charge in [-0.1, -0.05) is 45.4 Å². The van der Waals surface area contributed by atoms with Crippen molar-refractivity contribution in [2.45, 2.75) is 64.7 Å². The molecular formula is C13H24O. The van der Waals surface area contributed by atoms with E-state index in [1.54, 1.807) is 0 Å². The molecular weight excluding hydrogens is 172 g/mol. The Labute approximate surface area is 88.3 Å². The van der Waals surface area contributed by atoms with Crippen molar-refractivity contribution in [3.05, 3.63) is 0 Å². The summed E-state index contributed by atoms with van der Waals surface area (Å²) in [6.07, 6.45) is 13.0. The van der Waals surface area contributed by atoms with Gasteiger partial charge in [-0.25, -0.2) is 0 Å². The number of rotatable bonds is 7. The molecule has 0 N–H and O–H groups in total. The fourth-order valence-electron chi connectivity index (χ4n) is 2.61. The van der Waals surface area contributed by atoms with E-state index in [1.165, 1.54) is 57.7 Å². The van der Waals surface area contributed by atoms with Crippen molar-refractivity contribution in [2.75, 3.05) is 0 Å². The Kier molecular flexibility index (Phi) is 5.89. The fraction of sp³-hybridized carbons (Fsp3) is 0.923. The molecule has 0 aromatic heterocycles. The average molecular weight is 196 g/mol. The molecule has 1 unspecified atom stereocenters. The van der Waals surface area contributed by atoms with Gasteiger partial charge in [0.1, 0.15) is 6.29 Å². The zero-order valence-electron chi connectivity index (χ0n) is 9.50. The van der Waals surface area contributed by atoms with Crippen LogP contribution in [-0.4, -0.2) is 6.29 Å². The highest BCUT2D eigenvalue weighted by molar-refractivity contribution is 5.54. The van der Waals surface area contributed by atoms with Gasteiger partial charge in [-0.15, -0.1) is 0 Å². The first kappa shape index (κ1) is 11.7. The third-order valence-electron chi connectivity index (χ3n) is 3.57. The van der Waals surface area contributed by atoms with Crippen LogP contribution >= 0.6 is 0 Å². The maximum atomic E-state index is 10.8. The van der Waals surface area contributed by atoms with E-state index in [1.807, 2.05) is 0 Å². The summed E-state index contributed by atoms with van der Waals surface area (Å²) < 4.78 is 0. The van der Waals surface area contributed by atoms with Crippen LogP contribution < -0.4 is 0 Å². The predicted octanol–water partition coefficient (Wildman–Crippen LogP) is 3.96. The van der Waals surface area contributed by atoms with Gasteiger partial charge < -0.3 is 4.79 Å². The molecule has 82 valence electrons. The second kappa shape index (κ2) is 7.03. The van der Waals surface area contributed by atoms with Gasteiger partial charge in [0, 0.05) is 5.92 Å². The summed E-state index contributed by atoms with van der Waals surface area (Å²) in [6, 6.07) is 0. The third kappa shape index (κ3) is 3.81. The van der Waals surface area contributed by atoms with Gasteiger partial charge in [0.25, 0.3) is 0 Å². The zero-order valence-corrected chi connectivity index (χ0v) is 9.50. The van der Waals surface area contributed by atoms with Crippen LogP contribution in [0.4, 0.5) is 0 Å². The normalized spacial score (nSPS) is 26.6. The molecule has 1 aliphatic rings. The monoisotopic (exact) mass is 196 g/mol. The lowest BCUT2D eigenvalue weighted by Crippen LogP contribution is -2.08. The Balaban J connectivity index is 2.02. The van der Waals surface area contributed by atoms with Gasteiger partial charge in [-0.05, 0) is 25.2 Å². The molecule has 0 aliphatic heterocycles. The lowest BCUT2D eigenvalue weighted by atomic mass is 9.91. The van der Waals surface area contributed by atoms with Crippen molar-refractivity contribution in [2.24, 2.45) is 11.8 Å². The van der Waals surface area contributed by atoms with Crippen molar-refractivity contribution in [3.63, 3.8) is 0 Å². The molecule has 1 saturated carbocycles. The minimum absolute atomic E-state index is 0.404. The number of hydrogen-bond acceptors (Lipinski definition) is 1. The summed E-state index contributed by atoms with van der Waals surface area (Å²) in [5, 5.41) is 0. The average Bonchev–Trinajstić information content (AvgIpc) is 2.65. The van der Waals surface area contributed by atoms with Gasteiger partial charge >= 0.3 is 0 Å². The molecule has 0 spiro atoms. The molecule has 1 aliphatic carbocycles. The summed E-state index contributed by atoms with van der Waals surface area (Å²) in [5.41, 5.74) is 0. The van der Waals surface area contributed by atoms with E-state index in [0.717, 1.165) is 12.3 Å². The van der Waals surface area contributed by atoms with Crippen molar-refractivity contribution in [1.29, 1.82) is 0 Å². The van der Waals surface area contributed by atoms with Crippen LogP contribution in [0.5, 0.6) is 0 Å². The molecule has 0 radical (unpaired) electrons. The Morgan fingerprint density at radius 3 is 2.64 bits per heavy atom. The molecule has 0 saturated heterocycles. The molecule has 14 heavy (non-hydrogen) atoms. The topological polar surface area (TPSA) is 17.1 Å². The van der Waals surface area contributed by atoms with Crippen molar-refractivity contribution in [3.8, 4) is 0 Å². The van der Waals surface area contributed by atoms with Gasteiger partial charge in [-0.2, -0.15) is 0 Å². The van der Waals surface area contributed by atoms with Crippen molar-refractivity contribution in [1.82, 2.24) is 0 Å². The Morgan fingerprint density at radius 1 is 1.14 bits per heavy atom. The standard InChI is InChI=1S/C13H24O/c1-2-3-4-5-6-8-12-9-7-10-13(12)11-14/h11-13H,2-10H2,1H3/t12?,13-/m1/s1. The van der Waals surface area contributed by atoms with E-state index < -0.39 is 0 Å². The minimum atomic E-state index is 0.404. The van der Waals surface area contributed by atoms with Gasteiger partial charge in [-0.3, -0.25) is 0 Å². The number of aldehydes is 1. The molecule has 1 heteroatoms. The maximum absolute atomic E-state index is 10.8. The van der Waals surface area contributed by atoms with Crippen LogP contribution in [0.25, 0.3) is 0 Å². The van der Waals surface area contributed by atoms with Gasteiger partial charge in [0.15, 0.2) is 0 Å². The van der Waals surface area contributed by atoms with Crippen LogP contribution in [0.3, 0.4) is 0 Å². The molecule has 0 aromatic carbocycles. The molecule has 1 rings (SSSR count). The summed E-state index contributed by atoms with van der Waals surface area (Å²) in [7, 11) is 0. The van der Waals surface area contributed by atoms with E-state index in [4.69, 9.17) is 0 Å². The van der Waals surface area contributed by atoms with Crippen molar-refractivity contribution >= 4 is 6.29 Å². The Bertz CT molecular complexity index is 153. The van der Waals surface area contributed by atoms with E-state index >= 15 is 0 Å². The molecule has 0 aromatic rings. The fourth-order valence-corrected chi connectivity index (χ4v) is 2.61. The lowest BCUT2D eigenvalue weighted by molar-refractivity contribution is -0.112. The first-order valence-electron chi connectivity index (χ1n) is 6.33. The van der Waals surface area contributed by atoms with E-state index in [-0.39, 0.29) is 0 Å². The van der Waals surface area contributed by atoms with Crippen LogP contribution in [0.1, 0.15) is 64.7 Å². The van der Waals surface area contributed by atoms with Crippen LogP contribution in [-0.2, 0) is 4.79 Å². The first-order valence-corrected chi connectivity index (χ1v) is 6.33. The Morgan fingerprint density at radius 2 is 1.93 bits per heavy atom. The smallest absolute Gasteiger partial charge is 0.123 e. The number of hydrogen-bond donors (Lipinski definition) is 0. The number of carbonyl (C=O) groups is 1. The van der Waals surface area contributed by atoms with Crippen molar-refractivity contribution < 1.29 is 4.79 Å². The SMILES string of the molecule is CCCCCCCC1CCC[C@@H]1C=O. The summed E-state index contributed by atoms with van der Waals surface area (Å²) in [4.78, 5) is 10.8. The van der Waals surface area contributed by atoms with Gasteiger partial charge in [0.05, 0.1) is 0 Å². The van der Waals surface area contributed by atoms with Crippen LogP contribution in [0, 0.1) is 11.8 Å². The zero-order chi connectivity index (χ0) is 10.2. The minimum Gasteiger partial charge on any atom is -0.303 e. The van der Waals surface area contributed by atoms with E-state index in [2.05, 4.69) is 6.92 Å². The van der Waals surface area contributed by atoms with E-state index in [0.29, 0.717) is 5.92 Å². The quantitative estimate of drug-likeness (QED) is 0.445. The summed E-state index contributed by atoms with van der Waals surface area (Å²) in [6.45, 7) is 2.25. The maximum Gasteiger partial charge on any atom is 0.123 e. The largest absolute Gasteiger partial charge is 0.303 e. The highest BCUT2D eigenvalue weighted by Gasteiger charge is 2.25. The molecule has 1 fully saturated rings. The third-order valence-corrected chi connectivity index (χ3v) is 3.57. The molecule has 1 nitrogen and oxygen atoms in total. The van der Waals surface area contributed by atoms with Crippen LogP contribution in [0.2, 0.25) is 0 Å². The Hall–Kier alpha value is -0.330.